The average Bonchev–Trinajstić information content (AvgIpc) is 3.37. The monoisotopic (exact) mass is 432 g/mol. The Bertz CT molecular complexity index is 1440. The molecule has 0 radical (unpaired) electrons. The second-order valence-corrected chi connectivity index (χ2v) is 8.17. The van der Waals surface area contributed by atoms with E-state index in [9.17, 15) is 9.18 Å². The molecule has 0 spiro atoms. The number of thiazole rings is 1. The van der Waals surface area contributed by atoms with Crippen LogP contribution in [0.1, 0.15) is 28.9 Å². The van der Waals surface area contributed by atoms with Gasteiger partial charge < -0.3 is 9.88 Å². The van der Waals surface area contributed by atoms with Crippen molar-refractivity contribution in [3.8, 4) is 10.6 Å². The number of fused-ring (bicyclic) bond motifs is 3. The average molecular weight is 432 g/mol. The van der Waals surface area contributed by atoms with Crippen LogP contribution in [0.3, 0.4) is 0 Å². The molecule has 5 aromatic rings. The smallest absolute Gasteiger partial charge is 0.254 e. The molecule has 154 valence electrons. The van der Waals surface area contributed by atoms with E-state index in [-0.39, 0.29) is 11.6 Å². The minimum absolute atomic E-state index is 0.0320. The summed E-state index contributed by atoms with van der Waals surface area (Å²) in [6.07, 6.45) is 5.93. The van der Waals surface area contributed by atoms with Gasteiger partial charge >= 0.3 is 0 Å². The van der Waals surface area contributed by atoms with Gasteiger partial charge in [-0.3, -0.25) is 9.78 Å². The van der Waals surface area contributed by atoms with E-state index in [0.717, 1.165) is 43.7 Å². The fourth-order valence-corrected chi connectivity index (χ4v) is 4.40. The van der Waals surface area contributed by atoms with Crippen LogP contribution in [0.5, 0.6) is 0 Å². The molecule has 5 rings (SSSR count). The maximum atomic E-state index is 13.9. The van der Waals surface area contributed by atoms with Crippen molar-refractivity contribution in [1.29, 1.82) is 0 Å². The molecule has 1 atom stereocenters. The molecular formula is C22H17FN6OS. The highest BCUT2D eigenvalue weighted by molar-refractivity contribution is 7.21. The fraction of sp³-hybridized carbons (Fsp3) is 0.136. The number of amides is 1. The van der Waals surface area contributed by atoms with Crippen LogP contribution < -0.4 is 5.32 Å². The van der Waals surface area contributed by atoms with Gasteiger partial charge in [0.15, 0.2) is 5.82 Å². The highest BCUT2D eigenvalue weighted by atomic mass is 32.1. The van der Waals surface area contributed by atoms with Gasteiger partial charge in [-0.1, -0.05) is 29.5 Å². The van der Waals surface area contributed by atoms with Crippen molar-refractivity contribution in [2.75, 3.05) is 0 Å². The Morgan fingerprint density at radius 3 is 2.94 bits per heavy atom. The molecule has 0 aliphatic rings. The second kappa shape index (κ2) is 7.51. The molecule has 0 saturated heterocycles. The normalized spacial score (nSPS) is 12.4. The topological polar surface area (TPSA) is 85.6 Å². The summed E-state index contributed by atoms with van der Waals surface area (Å²) in [6, 6.07) is 8.82. The predicted octanol–water partition coefficient (Wildman–Crippen LogP) is 4.27. The molecule has 0 aliphatic carbocycles. The molecule has 0 bridgehead atoms. The Balaban J connectivity index is 1.46. The van der Waals surface area contributed by atoms with E-state index in [1.165, 1.54) is 23.6 Å². The first-order valence-corrected chi connectivity index (χ1v) is 10.4. The lowest BCUT2D eigenvalue weighted by molar-refractivity contribution is 0.0935. The number of carbonyl (C=O) groups is 1. The molecule has 1 amide bonds. The van der Waals surface area contributed by atoms with Crippen molar-refractivity contribution in [3.63, 3.8) is 0 Å². The number of aryl methyl sites for hydroxylation is 1. The highest BCUT2D eigenvalue weighted by Crippen LogP contribution is 2.33. The van der Waals surface area contributed by atoms with Gasteiger partial charge in [0.05, 0.1) is 35.8 Å². The molecule has 31 heavy (non-hydrogen) atoms. The van der Waals surface area contributed by atoms with Gasteiger partial charge in [-0.2, -0.15) is 0 Å². The molecular weight excluding hydrogens is 415 g/mol. The van der Waals surface area contributed by atoms with Crippen molar-refractivity contribution >= 4 is 38.6 Å². The summed E-state index contributed by atoms with van der Waals surface area (Å²) < 4.78 is 15.8. The molecule has 1 aromatic carbocycles. The van der Waals surface area contributed by atoms with Crippen molar-refractivity contribution in [1.82, 2.24) is 29.8 Å². The Morgan fingerprint density at radius 1 is 1.23 bits per heavy atom. The summed E-state index contributed by atoms with van der Waals surface area (Å²) in [5, 5.41) is 3.67. The quantitative estimate of drug-likeness (QED) is 0.458. The summed E-state index contributed by atoms with van der Waals surface area (Å²) in [7, 11) is 1.93. The first-order chi connectivity index (χ1) is 15.0. The van der Waals surface area contributed by atoms with Crippen LogP contribution in [0.4, 0.5) is 4.39 Å². The number of aromatic nitrogens is 5. The lowest BCUT2D eigenvalue weighted by atomic mass is 10.0. The highest BCUT2D eigenvalue weighted by Gasteiger charge is 2.17. The Kier molecular flexibility index (Phi) is 4.67. The van der Waals surface area contributed by atoms with Gasteiger partial charge in [-0.15, -0.1) is 0 Å². The number of imidazole rings is 1. The van der Waals surface area contributed by atoms with Gasteiger partial charge in [0.1, 0.15) is 20.9 Å². The third-order valence-corrected chi connectivity index (χ3v) is 6.11. The lowest BCUT2D eigenvalue weighted by Crippen LogP contribution is -2.27. The molecule has 9 heteroatoms. The summed E-state index contributed by atoms with van der Waals surface area (Å²) >= 11 is 1.50. The van der Waals surface area contributed by atoms with Gasteiger partial charge in [0.25, 0.3) is 5.91 Å². The standard InChI is InChI=1S/C22H17FN6OS/c1-12(27-20(30)15-6-7-24-9-16(15)23)13-4-3-5-14(8-13)21-28-18-19-17(26-11-29(19)2)10-25-22(18)31-21/h3-12H,1-2H3,(H,27,30)/t12-/m0/s1. The van der Waals surface area contributed by atoms with E-state index in [4.69, 9.17) is 4.98 Å². The molecule has 4 heterocycles. The molecule has 0 saturated carbocycles. The van der Waals surface area contributed by atoms with Crippen molar-refractivity contribution in [2.45, 2.75) is 13.0 Å². The number of rotatable bonds is 4. The van der Waals surface area contributed by atoms with E-state index < -0.39 is 11.7 Å². The molecule has 0 unspecified atom stereocenters. The predicted molar refractivity (Wildman–Crippen MR) is 117 cm³/mol. The number of pyridine rings is 2. The number of nitrogens with one attached hydrogen (secondary N) is 1. The Morgan fingerprint density at radius 2 is 2.10 bits per heavy atom. The van der Waals surface area contributed by atoms with Gasteiger partial charge in [0.2, 0.25) is 0 Å². The van der Waals surface area contributed by atoms with Gasteiger partial charge in [0, 0.05) is 18.8 Å². The van der Waals surface area contributed by atoms with E-state index in [2.05, 4.69) is 20.3 Å². The molecule has 0 fully saturated rings. The third kappa shape index (κ3) is 3.42. The maximum Gasteiger partial charge on any atom is 0.254 e. The minimum Gasteiger partial charge on any atom is -0.345 e. The summed E-state index contributed by atoms with van der Waals surface area (Å²) in [6.45, 7) is 1.86. The van der Waals surface area contributed by atoms with Crippen LogP contribution in [-0.2, 0) is 7.05 Å². The Labute approximate surface area is 180 Å². The number of halogens is 1. The molecule has 1 N–H and O–H groups in total. The van der Waals surface area contributed by atoms with E-state index in [1.807, 2.05) is 42.8 Å². The summed E-state index contributed by atoms with van der Waals surface area (Å²) in [4.78, 5) is 30.6. The number of hydrogen-bond donors (Lipinski definition) is 1. The SMILES string of the molecule is C[C@H](NC(=O)c1ccncc1F)c1cccc(-c2nc3c(ncc4ncn(C)c43)s2)c1. The second-order valence-electron chi connectivity index (χ2n) is 7.20. The zero-order valence-corrected chi connectivity index (χ0v) is 17.5. The van der Waals surface area contributed by atoms with Crippen LogP contribution in [-0.4, -0.2) is 30.4 Å². The van der Waals surface area contributed by atoms with Crippen LogP contribution in [0, 0.1) is 5.82 Å². The van der Waals surface area contributed by atoms with Crippen LogP contribution in [0.2, 0.25) is 0 Å². The van der Waals surface area contributed by atoms with E-state index >= 15 is 0 Å². The minimum atomic E-state index is -0.649. The first kappa shape index (κ1) is 19.3. The number of carbonyl (C=O) groups excluding carboxylic acids is 1. The first-order valence-electron chi connectivity index (χ1n) is 9.58. The van der Waals surface area contributed by atoms with Gasteiger partial charge in [-0.05, 0) is 24.6 Å². The van der Waals surface area contributed by atoms with Crippen LogP contribution in [0.15, 0.2) is 55.2 Å². The van der Waals surface area contributed by atoms with E-state index in [1.54, 1.807) is 12.5 Å². The van der Waals surface area contributed by atoms with Crippen molar-refractivity contribution < 1.29 is 9.18 Å². The maximum absolute atomic E-state index is 13.9. The summed E-state index contributed by atoms with van der Waals surface area (Å²) in [5.41, 5.74) is 4.35. The van der Waals surface area contributed by atoms with Crippen LogP contribution in [0.25, 0.3) is 32.0 Å². The van der Waals surface area contributed by atoms with Crippen molar-refractivity contribution in [3.05, 3.63) is 72.2 Å². The molecule has 4 aromatic heterocycles. The molecule has 0 aliphatic heterocycles. The van der Waals surface area contributed by atoms with Crippen LogP contribution >= 0.6 is 11.3 Å². The van der Waals surface area contributed by atoms with Crippen molar-refractivity contribution in [2.24, 2.45) is 7.05 Å². The van der Waals surface area contributed by atoms with Gasteiger partial charge in [-0.25, -0.2) is 19.3 Å². The number of nitrogens with zero attached hydrogens (tertiary/aromatic N) is 5. The zero-order valence-electron chi connectivity index (χ0n) is 16.7. The largest absolute Gasteiger partial charge is 0.345 e. The number of hydrogen-bond acceptors (Lipinski definition) is 6. The third-order valence-electron chi connectivity index (χ3n) is 5.10. The lowest BCUT2D eigenvalue weighted by Gasteiger charge is -2.15. The Hall–Kier alpha value is -3.72. The number of benzene rings is 1. The summed E-state index contributed by atoms with van der Waals surface area (Å²) in [5.74, 6) is -1.13. The van der Waals surface area contributed by atoms with E-state index in [0.29, 0.717) is 0 Å². The molecule has 7 nitrogen and oxygen atoms in total. The zero-order chi connectivity index (χ0) is 21.5. The fourth-order valence-electron chi connectivity index (χ4n) is 3.49.